The van der Waals surface area contributed by atoms with Gasteiger partial charge in [-0.05, 0) is 23.7 Å². The third-order valence-electron chi connectivity index (χ3n) is 1.19. The molecule has 0 radical (unpaired) electrons. The van der Waals surface area contributed by atoms with Crippen LogP contribution in [0, 0.1) is 6.57 Å². The Morgan fingerprint density at radius 2 is 1.90 bits per heavy atom. The van der Waals surface area contributed by atoms with Crippen molar-refractivity contribution in [1.29, 1.82) is 0 Å². The molecule has 0 fully saturated rings. The number of rotatable bonds is 1. The van der Waals surface area contributed by atoms with Gasteiger partial charge in [-0.3, -0.25) is 4.85 Å². The Morgan fingerprint density at radius 1 is 1.30 bits per heavy atom. The lowest BCUT2D eigenvalue weighted by atomic mass is 10.2. The maximum atomic E-state index is 6.64. The van der Waals surface area contributed by atoms with Gasteiger partial charge in [-0.2, -0.15) is 0 Å². The SMILES string of the molecule is [C-]#[N+]C(Cl)c1ccccc1. The second kappa shape index (κ2) is 3.24. The van der Waals surface area contributed by atoms with Gasteiger partial charge >= 0.3 is 5.50 Å². The second-order valence-corrected chi connectivity index (χ2v) is 2.29. The van der Waals surface area contributed by atoms with E-state index in [2.05, 4.69) is 4.85 Å². The van der Waals surface area contributed by atoms with Crippen LogP contribution in [-0.4, -0.2) is 0 Å². The highest BCUT2D eigenvalue weighted by atomic mass is 35.5. The van der Waals surface area contributed by atoms with Crippen LogP contribution in [0.2, 0.25) is 0 Å². The molecule has 0 aromatic heterocycles. The third-order valence-corrected chi connectivity index (χ3v) is 1.54. The molecule has 2 heteroatoms. The predicted octanol–water partition coefficient (Wildman–Crippen LogP) is 2.84. The summed E-state index contributed by atoms with van der Waals surface area (Å²) in [5.74, 6) is 0. The maximum Gasteiger partial charge on any atom is 0.322 e. The van der Waals surface area contributed by atoms with Gasteiger partial charge < -0.3 is 0 Å². The first-order chi connectivity index (χ1) is 4.84. The molecule has 1 rings (SSSR count). The van der Waals surface area contributed by atoms with E-state index in [0.717, 1.165) is 5.56 Å². The summed E-state index contributed by atoms with van der Waals surface area (Å²) in [7, 11) is 0. The Kier molecular flexibility index (Phi) is 2.30. The lowest BCUT2D eigenvalue weighted by Crippen LogP contribution is -1.80. The van der Waals surface area contributed by atoms with Crippen molar-refractivity contribution in [3.05, 3.63) is 47.3 Å². The number of hydrogen-bond acceptors (Lipinski definition) is 0. The van der Waals surface area contributed by atoms with Crippen LogP contribution in [0.25, 0.3) is 4.85 Å². The third kappa shape index (κ3) is 1.49. The molecule has 0 N–H and O–H groups in total. The lowest BCUT2D eigenvalue weighted by Gasteiger charge is -1.93. The molecular weight excluding hydrogens is 146 g/mol. The Hall–Kier alpha value is -1.00. The topological polar surface area (TPSA) is 4.36 Å². The molecule has 0 saturated heterocycles. The molecule has 0 bridgehead atoms. The Morgan fingerprint density at radius 3 is 2.40 bits per heavy atom. The van der Waals surface area contributed by atoms with Crippen LogP contribution in [0.15, 0.2) is 30.3 Å². The standard InChI is InChI=1S/C8H6ClN/c1-10-8(9)7-5-3-2-4-6-7/h2-6,8H. The van der Waals surface area contributed by atoms with Crippen LogP contribution in [0.3, 0.4) is 0 Å². The largest absolute Gasteiger partial charge is 0.322 e. The van der Waals surface area contributed by atoms with Crippen molar-refractivity contribution >= 4 is 11.6 Å². The van der Waals surface area contributed by atoms with Gasteiger partial charge in [-0.25, -0.2) is 6.57 Å². The van der Waals surface area contributed by atoms with Crippen molar-refractivity contribution in [3.63, 3.8) is 0 Å². The molecule has 50 valence electrons. The van der Waals surface area contributed by atoms with Crippen molar-refractivity contribution in [2.75, 3.05) is 0 Å². The minimum absolute atomic E-state index is 0.527. The highest BCUT2D eigenvalue weighted by Gasteiger charge is 2.07. The summed E-state index contributed by atoms with van der Waals surface area (Å²) in [6, 6.07) is 9.33. The first-order valence-corrected chi connectivity index (χ1v) is 3.34. The van der Waals surface area contributed by atoms with Gasteiger partial charge in [0.05, 0.1) is 5.56 Å². The van der Waals surface area contributed by atoms with Gasteiger partial charge in [-0.1, -0.05) is 18.2 Å². The first kappa shape index (κ1) is 7.11. The molecule has 1 nitrogen and oxygen atoms in total. The maximum absolute atomic E-state index is 6.64. The van der Waals surface area contributed by atoms with E-state index in [1.165, 1.54) is 0 Å². The molecule has 1 aromatic rings. The van der Waals surface area contributed by atoms with E-state index in [4.69, 9.17) is 18.2 Å². The summed E-state index contributed by atoms with van der Waals surface area (Å²) in [5.41, 5.74) is 0.334. The van der Waals surface area contributed by atoms with Gasteiger partial charge in [0.15, 0.2) is 0 Å². The van der Waals surface area contributed by atoms with Crippen LogP contribution in [-0.2, 0) is 0 Å². The fraction of sp³-hybridized carbons (Fsp3) is 0.125. The summed E-state index contributed by atoms with van der Waals surface area (Å²) in [4.78, 5) is 3.17. The summed E-state index contributed by atoms with van der Waals surface area (Å²) >= 11 is 5.64. The Labute approximate surface area is 65.1 Å². The van der Waals surface area contributed by atoms with Gasteiger partial charge in [0, 0.05) is 0 Å². The zero-order valence-corrected chi connectivity index (χ0v) is 6.05. The predicted molar refractivity (Wildman–Crippen MR) is 41.6 cm³/mol. The average molecular weight is 152 g/mol. The molecular formula is C8H6ClN. The van der Waals surface area contributed by atoms with Gasteiger partial charge in [0.1, 0.15) is 0 Å². The summed E-state index contributed by atoms with van der Waals surface area (Å²) in [5, 5.41) is 0. The molecule has 10 heavy (non-hydrogen) atoms. The molecule has 1 atom stereocenters. The molecule has 0 heterocycles. The molecule has 0 spiro atoms. The van der Waals surface area contributed by atoms with E-state index in [9.17, 15) is 0 Å². The number of halogens is 1. The van der Waals surface area contributed by atoms with Crippen molar-refractivity contribution in [3.8, 4) is 0 Å². The number of hydrogen-bond donors (Lipinski definition) is 0. The normalized spacial score (nSPS) is 12.0. The Balaban J connectivity index is 2.88. The van der Waals surface area contributed by atoms with Crippen LogP contribution < -0.4 is 0 Å². The average Bonchev–Trinajstić information content (AvgIpc) is 2.05. The number of alkyl halides is 1. The molecule has 1 aromatic carbocycles. The van der Waals surface area contributed by atoms with E-state index >= 15 is 0 Å². The number of nitrogens with zero attached hydrogens (tertiary/aromatic N) is 1. The molecule has 0 amide bonds. The van der Waals surface area contributed by atoms with E-state index < -0.39 is 5.50 Å². The van der Waals surface area contributed by atoms with Crippen molar-refractivity contribution in [2.45, 2.75) is 5.50 Å². The molecule has 1 unspecified atom stereocenters. The number of benzene rings is 1. The van der Waals surface area contributed by atoms with Crippen molar-refractivity contribution in [2.24, 2.45) is 0 Å². The molecule has 0 aliphatic rings. The van der Waals surface area contributed by atoms with E-state index in [0.29, 0.717) is 0 Å². The Bertz CT molecular complexity index is 237. The monoisotopic (exact) mass is 151 g/mol. The fourth-order valence-electron chi connectivity index (χ4n) is 0.686. The smallest absolute Gasteiger partial charge is 0.291 e. The van der Waals surface area contributed by atoms with E-state index in [1.807, 2.05) is 30.3 Å². The van der Waals surface area contributed by atoms with E-state index in [-0.39, 0.29) is 0 Å². The van der Waals surface area contributed by atoms with Gasteiger partial charge in [-0.15, -0.1) is 0 Å². The highest BCUT2D eigenvalue weighted by Crippen LogP contribution is 2.20. The quantitative estimate of drug-likeness (QED) is 0.330. The summed E-state index contributed by atoms with van der Waals surface area (Å²) < 4.78 is 0. The van der Waals surface area contributed by atoms with Crippen molar-refractivity contribution < 1.29 is 0 Å². The summed E-state index contributed by atoms with van der Waals surface area (Å²) in [6.07, 6.45) is 0. The molecule has 0 aliphatic heterocycles. The van der Waals surface area contributed by atoms with Crippen LogP contribution in [0.1, 0.15) is 11.1 Å². The molecule has 0 aliphatic carbocycles. The summed E-state index contributed by atoms with van der Waals surface area (Å²) in [6.45, 7) is 6.64. The second-order valence-electron chi connectivity index (χ2n) is 1.88. The zero-order chi connectivity index (χ0) is 7.40. The van der Waals surface area contributed by atoms with E-state index in [1.54, 1.807) is 0 Å². The first-order valence-electron chi connectivity index (χ1n) is 2.90. The van der Waals surface area contributed by atoms with Crippen LogP contribution in [0.5, 0.6) is 0 Å². The van der Waals surface area contributed by atoms with Crippen molar-refractivity contribution in [1.82, 2.24) is 0 Å². The van der Waals surface area contributed by atoms with Gasteiger partial charge in [0.25, 0.3) is 0 Å². The fourth-order valence-corrected chi connectivity index (χ4v) is 0.832. The minimum Gasteiger partial charge on any atom is -0.291 e. The van der Waals surface area contributed by atoms with Gasteiger partial charge in [0.2, 0.25) is 0 Å². The lowest BCUT2D eigenvalue weighted by molar-refractivity contribution is 1.21. The zero-order valence-electron chi connectivity index (χ0n) is 5.29. The highest BCUT2D eigenvalue weighted by molar-refractivity contribution is 6.21. The molecule has 0 saturated carbocycles. The minimum atomic E-state index is -0.527. The van der Waals surface area contributed by atoms with Crippen LogP contribution >= 0.6 is 11.6 Å². The van der Waals surface area contributed by atoms with Crippen LogP contribution in [0.4, 0.5) is 0 Å².